The van der Waals surface area contributed by atoms with Crippen LogP contribution in [0.15, 0.2) is 24.3 Å². The average Bonchev–Trinajstić information content (AvgIpc) is 3.02. The number of aliphatic hydroxyl groups excluding tert-OH is 1. The largest absolute Gasteiger partial charge is 0.386 e. The fourth-order valence-electron chi connectivity index (χ4n) is 4.61. The minimum Gasteiger partial charge on any atom is -0.386 e. The quantitative estimate of drug-likeness (QED) is 0.850. The third-order valence-electron chi connectivity index (χ3n) is 5.94. The van der Waals surface area contributed by atoms with Crippen molar-refractivity contribution in [3.8, 4) is 0 Å². The first-order valence-corrected chi connectivity index (χ1v) is 9.50. The van der Waals surface area contributed by atoms with Gasteiger partial charge in [0.2, 0.25) is 0 Å². The summed E-state index contributed by atoms with van der Waals surface area (Å²) in [6.07, 6.45) is 12.1. The van der Waals surface area contributed by atoms with Crippen LogP contribution < -0.4 is 0 Å². The monoisotopic (exact) mass is 312 g/mol. The van der Waals surface area contributed by atoms with E-state index in [9.17, 15) is 5.11 Å². The fourth-order valence-corrected chi connectivity index (χ4v) is 4.61. The van der Waals surface area contributed by atoms with Gasteiger partial charge in [-0.15, -0.1) is 0 Å². The Balaban J connectivity index is 1.71. The summed E-state index contributed by atoms with van der Waals surface area (Å²) in [5, 5.41) is 17.1. The zero-order valence-corrected chi connectivity index (χ0v) is 14.0. The predicted molar refractivity (Wildman–Crippen MR) is 93.4 cm³/mol. The van der Waals surface area contributed by atoms with Crippen LogP contribution >= 0.6 is 0 Å². The Hall–Kier alpha value is -1.35. The van der Waals surface area contributed by atoms with E-state index >= 15 is 0 Å². The van der Waals surface area contributed by atoms with Crippen LogP contribution in [0.4, 0.5) is 0 Å². The minimum absolute atomic E-state index is 0.391. The van der Waals surface area contributed by atoms with Gasteiger partial charge >= 0.3 is 0 Å². The average molecular weight is 312 g/mol. The molecule has 2 fully saturated rings. The van der Waals surface area contributed by atoms with Crippen molar-refractivity contribution in [2.45, 2.75) is 76.4 Å². The Labute approximate surface area is 138 Å². The Bertz CT molecular complexity index is 651. The summed E-state index contributed by atoms with van der Waals surface area (Å²) in [5.41, 5.74) is 2.14. The number of fused-ring (bicyclic) bond motifs is 1. The van der Waals surface area contributed by atoms with Crippen LogP contribution in [-0.4, -0.2) is 14.9 Å². The Kier molecular flexibility index (Phi) is 4.39. The van der Waals surface area contributed by atoms with Crippen LogP contribution in [0, 0.1) is 5.92 Å². The van der Waals surface area contributed by atoms with Gasteiger partial charge in [-0.2, -0.15) is 5.10 Å². The highest BCUT2D eigenvalue weighted by atomic mass is 16.3. The van der Waals surface area contributed by atoms with Gasteiger partial charge in [0.25, 0.3) is 0 Å². The molecule has 0 aliphatic heterocycles. The molecule has 0 saturated heterocycles. The van der Waals surface area contributed by atoms with E-state index < -0.39 is 6.10 Å². The Morgan fingerprint density at radius 2 is 1.57 bits per heavy atom. The molecule has 0 spiro atoms. The molecule has 1 aromatic heterocycles. The second-order valence-electron chi connectivity index (χ2n) is 7.48. The molecule has 3 heteroatoms. The van der Waals surface area contributed by atoms with Gasteiger partial charge in [0, 0.05) is 5.39 Å². The van der Waals surface area contributed by atoms with Crippen molar-refractivity contribution in [3.05, 3.63) is 30.0 Å². The molecule has 124 valence electrons. The van der Waals surface area contributed by atoms with Crippen LogP contribution in [0.2, 0.25) is 0 Å². The van der Waals surface area contributed by atoms with Gasteiger partial charge in [0.05, 0.1) is 17.3 Å². The van der Waals surface area contributed by atoms with Gasteiger partial charge in [-0.25, -0.2) is 0 Å². The molecule has 1 N–H and O–H groups in total. The maximum atomic E-state index is 11.0. The molecule has 2 saturated carbocycles. The van der Waals surface area contributed by atoms with Gasteiger partial charge in [0.1, 0.15) is 6.10 Å². The van der Waals surface area contributed by atoms with Crippen LogP contribution in [0.3, 0.4) is 0 Å². The summed E-state index contributed by atoms with van der Waals surface area (Å²) in [7, 11) is 0. The lowest BCUT2D eigenvalue weighted by atomic mass is 9.83. The molecular weight excluding hydrogens is 284 g/mol. The number of aliphatic hydroxyl groups is 1. The maximum Gasteiger partial charge on any atom is 0.101 e. The summed E-state index contributed by atoms with van der Waals surface area (Å²) in [4.78, 5) is 0. The molecule has 23 heavy (non-hydrogen) atoms. The number of aromatic nitrogens is 2. The highest BCUT2D eigenvalue weighted by Crippen LogP contribution is 2.38. The van der Waals surface area contributed by atoms with Crippen molar-refractivity contribution >= 4 is 10.9 Å². The molecule has 2 aromatic rings. The third-order valence-corrected chi connectivity index (χ3v) is 5.94. The number of hydrogen-bond acceptors (Lipinski definition) is 2. The Morgan fingerprint density at radius 3 is 2.30 bits per heavy atom. The molecule has 3 nitrogen and oxygen atoms in total. The van der Waals surface area contributed by atoms with Crippen molar-refractivity contribution in [2.24, 2.45) is 5.92 Å². The van der Waals surface area contributed by atoms with Crippen molar-refractivity contribution in [1.29, 1.82) is 0 Å². The number of hydrogen-bond donors (Lipinski definition) is 1. The van der Waals surface area contributed by atoms with E-state index in [0.717, 1.165) is 23.9 Å². The van der Waals surface area contributed by atoms with Crippen molar-refractivity contribution < 1.29 is 5.11 Å². The molecule has 0 amide bonds. The van der Waals surface area contributed by atoms with E-state index in [4.69, 9.17) is 5.10 Å². The minimum atomic E-state index is -0.398. The van der Waals surface area contributed by atoms with E-state index in [1.54, 1.807) is 0 Å². The Morgan fingerprint density at radius 1 is 0.913 bits per heavy atom. The van der Waals surface area contributed by atoms with E-state index in [0.29, 0.717) is 12.0 Å². The fraction of sp³-hybridized carbons (Fsp3) is 0.650. The maximum absolute atomic E-state index is 11.0. The van der Waals surface area contributed by atoms with Gasteiger partial charge in [-0.05, 0) is 37.7 Å². The van der Waals surface area contributed by atoms with Crippen LogP contribution in [0.1, 0.15) is 82.0 Å². The lowest BCUT2D eigenvalue weighted by molar-refractivity contribution is 0.0812. The molecule has 0 radical (unpaired) electrons. The summed E-state index contributed by atoms with van der Waals surface area (Å²) < 4.78 is 2.23. The summed E-state index contributed by atoms with van der Waals surface area (Å²) in [6, 6.07) is 9.00. The zero-order chi connectivity index (χ0) is 15.6. The molecular formula is C20H28N2O. The van der Waals surface area contributed by atoms with E-state index in [2.05, 4.69) is 28.9 Å². The number of nitrogens with zero attached hydrogens (tertiary/aromatic N) is 2. The first-order valence-electron chi connectivity index (χ1n) is 9.50. The zero-order valence-electron chi connectivity index (χ0n) is 14.0. The van der Waals surface area contributed by atoms with Gasteiger partial charge in [0.15, 0.2) is 0 Å². The van der Waals surface area contributed by atoms with Gasteiger partial charge in [-0.3, -0.25) is 4.68 Å². The molecule has 1 atom stereocenters. The molecule has 4 rings (SSSR count). The van der Waals surface area contributed by atoms with Crippen LogP contribution in [0.25, 0.3) is 10.9 Å². The summed E-state index contributed by atoms with van der Waals surface area (Å²) >= 11 is 0. The SMILES string of the molecule is OC(c1nn(C2CCCCC2)c2ccccc12)C1CCCCC1. The van der Waals surface area contributed by atoms with E-state index in [-0.39, 0.29) is 0 Å². The molecule has 1 unspecified atom stereocenters. The lowest BCUT2D eigenvalue weighted by Crippen LogP contribution is -2.18. The van der Waals surface area contributed by atoms with Gasteiger partial charge in [-0.1, -0.05) is 56.7 Å². The predicted octanol–water partition coefficient (Wildman–Crippen LogP) is 5.16. The van der Waals surface area contributed by atoms with Crippen molar-refractivity contribution in [1.82, 2.24) is 9.78 Å². The van der Waals surface area contributed by atoms with Crippen molar-refractivity contribution in [3.63, 3.8) is 0 Å². The lowest BCUT2D eigenvalue weighted by Gasteiger charge is -2.26. The first kappa shape index (κ1) is 15.2. The first-order chi connectivity index (χ1) is 11.3. The molecule has 2 aliphatic rings. The van der Waals surface area contributed by atoms with Crippen LogP contribution in [0.5, 0.6) is 0 Å². The van der Waals surface area contributed by atoms with E-state index in [1.165, 1.54) is 56.9 Å². The second-order valence-corrected chi connectivity index (χ2v) is 7.48. The van der Waals surface area contributed by atoms with Crippen LogP contribution in [-0.2, 0) is 0 Å². The smallest absolute Gasteiger partial charge is 0.101 e. The highest BCUT2D eigenvalue weighted by Gasteiger charge is 2.28. The topological polar surface area (TPSA) is 38.1 Å². The molecule has 2 aliphatic carbocycles. The number of rotatable bonds is 3. The second kappa shape index (κ2) is 6.64. The standard InChI is InChI=1S/C20H28N2O/c23-20(15-9-3-1-4-10-15)19-17-13-7-8-14-18(17)22(21-19)16-11-5-2-6-12-16/h7-8,13-16,20,23H,1-6,9-12H2. The van der Waals surface area contributed by atoms with Crippen molar-refractivity contribution in [2.75, 3.05) is 0 Å². The highest BCUT2D eigenvalue weighted by molar-refractivity contribution is 5.82. The normalized spacial score (nSPS) is 22.5. The summed E-state index contributed by atoms with van der Waals surface area (Å²) in [6.45, 7) is 0. The van der Waals surface area contributed by atoms with Gasteiger partial charge < -0.3 is 5.11 Å². The number of para-hydroxylation sites is 1. The van der Waals surface area contributed by atoms with E-state index in [1.807, 2.05) is 0 Å². The molecule has 1 aromatic carbocycles. The summed E-state index contributed by atoms with van der Waals surface area (Å²) in [5.74, 6) is 0.391. The molecule has 0 bridgehead atoms. The third kappa shape index (κ3) is 2.91. The number of benzene rings is 1. The molecule has 1 heterocycles.